The highest BCUT2D eigenvalue weighted by Crippen LogP contribution is 2.49. The molecule has 0 radical (unpaired) electrons. The Kier molecular flexibility index (Phi) is 6.31. The number of aromatic nitrogens is 4. The van der Waals surface area contributed by atoms with Crippen LogP contribution in [-0.4, -0.2) is 19.5 Å². The molecule has 0 fully saturated rings. The Morgan fingerprint density at radius 2 is 0.673 bits per heavy atom. The first kappa shape index (κ1) is 30.1. The van der Waals surface area contributed by atoms with Crippen LogP contribution in [0.3, 0.4) is 0 Å². The summed E-state index contributed by atoms with van der Waals surface area (Å²) in [6, 6.07) is 64.8. The molecule has 0 aliphatic carbocycles. The van der Waals surface area contributed by atoms with E-state index in [1.807, 2.05) is 36.4 Å². The van der Waals surface area contributed by atoms with E-state index >= 15 is 0 Å². The van der Waals surface area contributed by atoms with E-state index in [9.17, 15) is 0 Å². The molecule has 12 rings (SSSR count). The molecule has 0 saturated carbocycles. The number of nitrogens with zero attached hydrogens (tertiary/aromatic N) is 4. The smallest absolute Gasteiger partial charge is 0.164 e. The van der Waals surface area contributed by atoms with Gasteiger partial charge in [-0.25, -0.2) is 15.0 Å². The van der Waals surface area contributed by atoms with E-state index in [0.717, 1.165) is 27.9 Å². The summed E-state index contributed by atoms with van der Waals surface area (Å²) in [5, 5.41) is 13.2. The predicted octanol–water partition coefficient (Wildman–Crippen LogP) is 13.1. The van der Waals surface area contributed by atoms with Gasteiger partial charge in [-0.3, -0.25) is 0 Å². The van der Waals surface area contributed by atoms with E-state index in [2.05, 4.69) is 150 Å². The van der Waals surface area contributed by atoms with Crippen LogP contribution >= 0.6 is 0 Å². The van der Waals surface area contributed by atoms with Crippen molar-refractivity contribution < 1.29 is 0 Å². The van der Waals surface area contributed by atoms with Crippen LogP contribution in [0.5, 0.6) is 0 Å². The third-order valence-corrected chi connectivity index (χ3v) is 11.4. The summed E-state index contributed by atoms with van der Waals surface area (Å²) in [6.45, 7) is 0. The summed E-state index contributed by atoms with van der Waals surface area (Å²) in [4.78, 5) is 15.1. The first-order valence-electron chi connectivity index (χ1n) is 18.7. The zero-order valence-electron chi connectivity index (χ0n) is 29.6. The summed E-state index contributed by atoms with van der Waals surface area (Å²) in [6.07, 6.45) is 0. The minimum absolute atomic E-state index is 0.640. The van der Waals surface area contributed by atoms with Crippen LogP contribution in [0.4, 0.5) is 0 Å². The van der Waals surface area contributed by atoms with Crippen molar-refractivity contribution in [2.75, 3.05) is 0 Å². The van der Waals surface area contributed by atoms with Gasteiger partial charge in [0.1, 0.15) is 0 Å². The molecule has 0 unspecified atom stereocenters. The fourth-order valence-corrected chi connectivity index (χ4v) is 8.91. The van der Waals surface area contributed by atoms with Crippen LogP contribution < -0.4 is 0 Å². The van der Waals surface area contributed by atoms with E-state index < -0.39 is 0 Å². The third kappa shape index (κ3) is 4.43. The maximum Gasteiger partial charge on any atom is 0.164 e. The van der Waals surface area contributed by atoms with Crippen molar-refractivity contribution >= 4 is 64.9 Å². The second-order valence-corrected chi connectivity index (χ2v) is 14.4. The van der Waals surface area contributed by atoms with Crippen LogP contribution in [0.15, 0.2) is 182 Å². The topological polar surface area (TPSA) is 43.6 Å². The fourth-order valence-electron chi connectivity index (χ4n) is 8.91. The lowest BCUT2D eigenvalue weighted by atomic mass is 9.86. The van der Waals surface area contributed by atoms with Gasteiger partial charge in [0.25, 0.3) is 0 Å². The molecule has 10 aromatic carbocycles. The molecule has 0 N–H and O–H groups in total. The molecular weight excluding hydrogens is 669 g/mol. The zero-order chi connectivity index (χ0) is 36.0. The van der Waals surface area contributed by atoms with Crippen molar-refractivity contribution in [3.8, 4) is 51.0 Å². The van der Waals surface area contributed by atoms with E-state index in [0.29, 0.717) is 17.5 Å². The quantitative estimate of drug-likeness (QED) is 0.133. The summed E-state index contributed by atoms with van der Waals surface area (Å²) in [5.74, 6) is 1.93. The SMILES string of the molecule is c1ccc(-c2ccc(-c3nc(-c4ccccc4)nc(-c4ccc(-n5c6cccc7c8cccc9c%10ccccc%10c%10ccc5c(c%10c98)c76)cc4)n3)cc2)cc1. The number of rotatable bonds is 5. The Bertz CT molecular complexity index is 3390. The first-order chi connectivity index (χ1) is 27.3. The molecule has 0 bridgehead atoms. The maximum absolute atomic E-state index is 5.06. The molecule has 55 heavy (non-hydrogen) atoms. The minimum atomic E-state index is 0.640. The second kappa shape index (κ2) is 11.5. The molecule has 0 atom stereocenters. The van der Waals surface area contributed by atoms with E-state index in [4.69, 9.17) is 15.0 Å². The molecule has 2 aromatic heterocycles. The van der Waals surface area contributed by atoms with Gasteiger partial charge in [0.2, 0.25) is 0 Å². The summed E-state index contributed by atoms with van der Waals surface area (Å²) in [5.41, 5.74) is 8.67. The number of hydrogen-bond donors (Lipinski definition) is 0. The molecule has 0 aliphatic rings. The van der Waals surface area contributed by atoms with Gasteiger partial charge in [-0.1, -0.05) is 146 Å². The monoisotopic (exact) mass is 698 g/mol. The zero-order valence-corrected chi connectivity index (χ0v) is 29.6. The minimum Gasteiger partial charge on any atom is -0.309 e. The molecule has 4 heteroatoms. The van der Waals surface area contributed by atoms with Gasteiger partial charge in [0.15, 0.2) is 17.5 Å². The highest BCUT2D eigenvalue weighted by molar-refractivity contribution is 6.44. The van der Waals surface area contributed by atoms with Gasteiger partial charge in [-0.15, -0.1) is 0 Å². The Morgan fingerprint density at radius 1 is 0.255 bits per heavy atom. The molecule has 4 nitrogen and oxygen atoms in total. The van der Waals surface area contributed by atoms with Gasteiger partial charge < -0.3 is 4.57 Å². The Labute approximate surface area is 316 Å². The molecule has 254 valence electrons. The van der Waals surface area contributed by atoms with Crippen LogP contribution in [0, 0.1) is 0 Å². The molecule has 0 amide bonds. The van der Waals surface area contributed by atoms with Gasteiger partial charge in [0.05, 0.1) is 11.0 Å². The average Bonchev–Trinajstić information content (AvgIpc) is 3.61. The summed E-state index contributed by atoms with van der Waals surface area (Å²) in [7, 11) is 0. The van der Waals surface area contributed by atoms with Crippen LogP contribution in [0.1, 0.15) is 0 Å². The number of hydrogen-bond acceptors (Lipinski definition) is 3. The van der Waals surface area contributed by atoms with Gasteiger partial charge >= 0.3 is 0 Å². The van der Waals surface area contributed by atoms with Crippen molar-refractivity contribution in [2.45, 2.75) is 0 Å². The predicted molar refractivity (Wildman–Crippen MR) is 228 cm³/mol. The normalized spacial score (nSPS) is 12.0. The van der Waals surface area contributed by atoms with Crippen LogP contribution in [0.2, 0.25) is 0 Å². The third-order valence-electron chi connectivity index (χ3n) is 11.4. The maximum atomic E-state index is 5.06. The van der Waals surface area contributed by atoms with Gasteiger partial charge in [-0.2, -0.15) is 0 Å². The molecule has 0 saturated heterocycles. The van der Waals surface area contributed by atoms with E-state index in [1.54, 1.807) is 0 Å². The standard InChI is InChI=1S/C51H30N4/c1-3-11-31(12-4-1)32-21-23-34(24-22-32)50-52-49(33-13-5-2-6-14-33)53-51(54-50)35-25-27-36(28-26-35)55-43-20-10-19-41-40-18-9-17-39-37-15-7-8-16-38(37)42-29-30-44(55)48(46(41)43)47(42)45(39)40/h1-30H. The highest BCUT2D eigenvalue weighted by Gasteiger charge is 2.23. The van der Waals surface area contributed by atoms with Crippen molar-refractivity contribution in [1.29, 1.82) is 0 Å². The fraction of sp³-hybridized carbons (Fsp3) is 0. The lowest BCUT2D eigenvalue weighted by molar-refractivity contribution is 1.07. The molecule has 2 heterocycles. The van der Waals surface area contributed by atoms with Crippen LogP contribution in [0.25, 0.3) is 116 Å². The van der Waals surface area contributed by atoms with Gasteiger partial charge in [0, 0.05) is 38.5 Å². The summed E-state index contributed by atoms with van der Waals surface area (Å²) >= 11 is 0. The molecule has 12 aromatic rings. The van der Waals surface area contributed by atoms with Crippen molar-refractivity contribution in [3.05, 3.63) is 182 Å². The summed E-state index contributed by atoms with van der Waals surface area (Å²) < 4.78 is 2.42. The average molecular weight is 699 g/mol. The van der Waals surface area contributed by atoms with Crippen molar-refractivity contribution in [2.24, 2.45) is 0 Å². The Morgan fingerprint density at radius 3 is 1.31 bits per heavy atom. The number of fused-ring (bicyclic) bond motifs is 4. The number of benzene rings is 10. The van der Waals surface area contributed by atoms with Crippen molar-refractivity contribution in [1.82, 2.24) is 19.5 Å². The Balaban J connectivity index is 1.03. The highest BCUT2D eigenvalue weighted by atomic mass is 15.0. The van der Waals surface area contributed by atoms with Gasteiger partial charge in [-0.05, 0) is 85.2 Å². The second-order valence-electron chi connectivity index (χ2n) is 14.4. The van der Waals surface area contributed by atoms with Crippen LogP contribution in [-0.2, 0) is 0 Å². The van der Waals surface area contributed by atoms with E-state index in [-0.39, 0.29) is 0 Å². The first-order valence-corrected chi connectivity index (χ1v) is 18.7. The molecular formula is C51H30N4. The molecule has 0 spiro atoms. The molecule has 0 aliphatic heterocycles. The Hall–Kier alpha value is -7.43. The van der Waals surface area contributed by atoms with Crippen molar-refractivity contribution in [3.63, 3.8) is 0 Å². The van der Waals surface area contributed by atoms with E-state index in [1.165, 1.54) is 70.5 Å². The lowest BCUT2D eigenvalue weighted by Crippen LogP contribution is -2.00. The largest absolute Gasteiger partial charge is 0.309 e. The lowest BCUT2D eigenvalue weighted by Gasteiger charge is -2.16.